The molecule has 4 aromatic rings. The number of nitrogens with two attached hydrogens (primary N) is 1. The number of anilines is 2. The summed E-state index contributed by atoms with van der Waals surface area (Å²) < 4.78 is 85.5. The molecule has 8 nitrogen and oxygen atoms in total. The van der Waals surface area contributed by atoms with E-state index in [1.165, 1.54) is 18.2 Å². The number of aromatic nitrogens is 3. The predicted octanol–water partition coefficient (Wildman–Crippen LogP) is 6.09. The van der Waals surface area contributed by atoms with Crippen molar-refractivity contribution in [2.75, 3.05) is 36.9 Å². The molecule has 5 aliphatic rings. The number of aryl methyl sites for hydroxylation is 1. The zero-order valence-electron chi connectivity index (χ0n) is 25.7. The highest BCUT2D eigenvalue weighted by Gasteiger charge is 2.60. The third-order valence-corrected chi connectivity index (χ3v) is 11.2. The summed E-state index contributed by atoms with van der Waals surface area (Å²) in [5.41, 5.74) is 6.18. The van der Waals surface area contributed by atoms with Crippen LogP contribution in [0.25, 0.3) is 32.9 Å². The van der Waals surface area contributed by atoms with Gasteiger partial charge in [-0.2, -0.15) is 9.97 Å². The molecule has 2 bridgehead atoms. The van der Waals surface area contributed by atoms with E-state index in [0.717, 1.165) is 44.8 Å². The molecular weight excluding hydrogens is 617 g/mol. The minimum atomic E-state index is -2.00. The summed E-state index contributed by atoms with van der Waals surface area (Å²) in [6, 6.07) is 4.36. The number of pyridine rings is 1. The predicted molar refractivity (Wildman–Crippen MR) is 167 cm³/mol. The minimum absolute atomic E-state index is 0.00361. The monoisotopic (exact) mass is 651 g/mol. The highest BCUT2D eigenvalue weighted by atomic mass is 19.2. The summed E-state index contributed by atoms with van der Waals surface area (Å²) in [6.07, 6.45) is 5.12. The second-order valence-electron chi connectivity index (χ2n) is 14.0. The molecule has 47 heavy (non-hydrogen) atoms. The first-order chi connectivity index (χ1) is 22.6. The van der Waals surface area contributed by atoms with E-state index in [9.17, 15) is 4.39 Å². The Bertz CT molecular complexity index is 1970. The zero-order chi connectivity index (χ0) is 32.3. The molecule has 9 rings (SSSR count). The van der Waals surface area contributed by atoms with Crippen LogP contribution in [0, 0.1) is 17.5 Å². The summed E-state index contributed by atoms with van der Waals surface area (Å²) in [4.78, 5) is 18.0. The smallest absolute Gasteiger partial charge is 0.319 e. The fourth-order valence-corrected chi connectivity index (χ4v) is 9.05. The Hall–Kier alpha value is -3.84. The minimum Gasteiger partial charge on any atom is -0.461 e. The maximum absolute atomic E-state index is 17.0. The molecule has 0 amide bonds. The standard InChI is InChI=1S/C34H34F5N7O/c35-21-7-6-18-14-19(40)15-20(24(18)26(21)36)28-27(37)29-25-22(41-28)4-1-5-23-34(39)11-10-33(38,44-34)16-46(23)30(25)43-31(42-29)47-17-32-8-2-12-45(32)13-3-9-32/h6-7,14-15,23,44H,1-5,8-13,16-17,40H2/t23-,33-,34+/m1/s1. The number of piperazine rings is 1. The van der Waals surface area contributed by atoms with E-state index < -0.39 is 35.1 Å². The molecule has 246 valence electrons. The van der Waals surface area contributed by atoms with Gasteiger partial charge in [0.15, 0.2) is 29.0 Å². The van der Waals surface area contributed by atoms with Gasteiger partial charge in [-0.3, -0.25) is 4.90 Å². The van der Waals surface area contributed by atoms with Crippen molar-refractivity contribution in [1.29, 1.82) is 0 Å². The summed E-state index contributed by atoms with van der Waals surface area (Å²) >= 11 is 0. The molecule has 5 aliphatic heterocycles. The molecule has 4 fully saturated rings. The van der Waals surface area contributed by atoms with Crippen LogP contribution in [0.1, 0.15) is 57.1 Å². The Morgan fingerprint density at radius 1 is 0.936 bits per heavy atom. The van der Waals surface area contributed by atoms with E-state index >= 15 is 17.6 Å². The van der Waals surface area contributed by atoms with Crippen LogP contribution in [0.2, 0.25) is 0 Å². The molecule has 2 aromatic carbocycles. The number of hydrogen-bond acceptors (Lipinski definition) is 8. The summed E-state index contributed by atoms with van der Waals surface area (Å²) in [5, 5.41) is 2.96. The van der Waals surface area contributed by atoms with Gasteiger partial charge in [0.1, 0.15) is 23.6 Å². The van der Waals surface area contributed by atoms with Gasteiger partial charge in [0.25, 0.3) is 0 Å². The van der Waals surface area contributed by atoms with E-state index in [4.69, 9.17) is 20.4 Å². The maximum atomic E-state index is 17.0. The van der Waals surface area contributed by atoms with Crippen molar-refractivity contribution in [2.24, 2.45) is 0 Å². The molecule has 0 saturated carbocycles. The van der Waals surface area contributed by atoms with Gasteiger partial charge in [-0.25, -0.2) is 32.3 Å². The van der Waals surface area contributed by atoms with Crippen molar-refractivity contribution in [1.82, 2.24) is 25.2 Å². The molecule has 3 N–H and O–H groups in total. The van der Waals surface area contributed by atoms with Crippen LogP contribution in [0.15, 0.2) is 24.3 Å². The quantitative estimate of drug-likeness (QED) is 0.156. The van der Waals surface area contributed by atoms with Gasteiger partial charge in [0, 0.05) is 29.5 Å². The number of fused-ring (bicyclic) bond motifs is 7. The van der Waals surface area contributed by atoms with Gasteiger partial charge in [0.2, 0.25) is 0 Å². The Morgan fingerprint density at radius 3 is 2.55 bits per heavy atom. The van der Waals surface area contributed by atoms with Crippen molar-refractivity contribution in [3.05, 3.63) is 47.4 Å². The number of halogens is 5. The number of benzene rings is 2. The van der Waals surface area contributed by atoms with Gasteiger partial charge in [0.05, 0.1) is 29.2 Å². The van der Waals surface area contributed by atoms with Gasteiger partial charge in [-0.05, 0) is 81.6 Å². The molecule has 3 atom stereocenters. The Labute approximate surface area is 267 Å². The lowest BCUT2D eigenvalue weighted by Gasteiger charge is -2.47. The first-order valence-corrected chi connectivity index (χ1v) is 16.5. The van der Waals surface area contributed by atoms with Crippen LogP contribution in [0.4, 0.5) is 33.5 Å². The van der Waals surface area contributed by atoms with Crippen molar-refractivity contribution in [3.8, 4) is 17.3 Å². The molecule has 0 aliphatic carbocycles. The number of ether oxygens (including phenoxy) is 1. The van der Waals surface area contributed by atoms with E-state index in [2.05, 4.69) is 15.2 Å². The SMILES string of the molecule is Nc1cc(-c2nc3c4c(nc(OCC56CCCN5CCC6)nc4c2F)N2C[C@@]4(F)CC[C@](F)(N4)[C@H]2CCC3)c2c(F)c(F)ccc2c1. The first-order valence-electron chi connectivity index (χ1n) is 16.5. The van der Waals surface area contributed by atoms with Crippen LogP contribution in [0.5, 0.6) is 6.01 Å². The molecule has 4 saturated heterocycles. The first kappa shape index (κ1) is 29.3. The summed E-state index contributed by atoms with van der Waals surface area (Å²) in [7, 11) is 0. The second kappa shape index (κ2) is 10.1. The van der Waals surface area contributed by atoms with Gasteiger partial charge in [-0.1, -0.05) is 6.07 Å². The van der Waals surface area contributed by atoms with Crippen molar-refractivity contribution >= 4 is 33.2 Å². The third-order valence-electron chi connectivity index (χ3n) is 11.2. The molecule has 0 radical (unpaired) electrons. The topological polar surface area (TPSA) is 92.4 Å². The Kier molecular flexibility index (Phi) is 6.29. The van der Waals surface area contributed by atoms with Crippen LogP contribution < -0.4 is 20.7 Å². The lowest BCUT2D eigenvalue weighted by atomic mass is 9.92. The van der Waals surface area contributed by atoms with Gasteiger partial charge >= 0.3 is 6.01 Å². The molecule has 0 unspecified atom stereocenters. The summed E-state index contributed by atoms with van der Waals surface area (Å²) in [6.45, 7) is 2.05. The molecular formula is C34H34F5N7O. The Morgan fingerprint density at radius 2 is 1.74 bits per heavy atom. The molecule has 2 aromatic heterocycles. The van der Waals surface area contributed by atoms with Gasteiger partial charge in [-0.15, -0.1) is 0 Å². The van der Waals surface area contributed by atoms with E-state index in [0.29, 0.717) is 31.6 Å². The third kappa shape index (κ3) is 4.34. The van der Waals surface area contributed by atoms with Crippen LogP contribution >= 0.6 is 0 Å². The average molecular weight is 652 g/mol. The van der Waals surface area contributed by atoms with Crippen molar-refractivity contribution < 1.29 is 26.7 Å². The lowest BCUT2D eigenvalue weighted by molar-refractivity contribution is 0.00892. The number of rotatable bonds is 4. The molecule has 13 heteroatoms. The Balaban J connectivity index is 1.27. The van der Waals surface area contributed by atoms with Crippen LogP contribution in [-0.2, 0) is 6.42 Å². The largest absolute Gasteiger partial charge is 0.461 e. The molecule has 0 spiro atoms. The number of hydrogen-bond donors (Lipinski definition) is 2. The van der Waals surface area contributed by atoms with Crippen LogP contribution in [-0.4, -0.2) is 69.3 Å². The number of nitrogen functional groups attached to an aromatic ring is 1. The fraction of sp³-hybridized carbons (Fsp3) is 0.500. The molecule has 7 heterocycles. The number of nitrogens with one attached hydrogen (secondary N) is 1. The highest BCUT2D eigenvalue weighted by molar-refractivity contribution is 6.02. The number of nitrogens with zero attached hydrogens (tertiary/aromatic N) is 5. The summed E-state index contributed by atoms with van der Waals surface area (Å²) in [5.74, 6) is -6.97. The van der Waals surface area contributed by atoms with E-state index in [-0.39, 0.29) is 75.4 Å². The van der Waals surface area contributed by atoms with Gasteiger partial charge < -0.3 is 15.4 Å². The van der Waals surface area contributed by atoms with Crippen molar-refractivity contribution in [3.63, 3.8) is 0 Å². The van der Waals surface area contributed by atoms with E-state index in [1.54, 1.807) is 4.90 Å². The number of alkyl halides is 2. The second-order valence-corrected chi connectivity index (χ2v) is 14.0. The van der Waals surface area contributed by atoms with Crippen LogP contribution in [0.3, 0.4) is 0 Å². The maximum Gasteiger partial charge on any atom is 0.319 e. The van der Waals surface area contributed by atoms with E-state index in [1.807, 2.05) is 0 Å². The zero-order valence-corrected chi connectivity index (χ0v) is 25.7. The average Bonchev–Trinajstić information content (AvgIpc) is 3.69. The fourth-order valence-electron chi connectivity index (χ4n) is 9.05. The normalized spacial score (nSPS) is 28.0. The lowest BCUT2D eigenvalue weighted by Crippen LogP contribution is -2.68. The van der Waals surface area contributed by atoms with Crippen molar-refractivity contribution in [2.45, 2.75) is 81.0 Å². The highest BCUT2D eigenvalue weighted by Crippen LogP contribution is 2.49.